The Balaban J connectivity index is 2.09. The number of nitrogens with one attached hydrogen (secondary N) is 1. The first-order valence-electron chi connectivity index (χ1n) is 5.97. The normalized spacial score (nSPS) is 16.8. The number of hydrogen-bond acceptors (Lipinski definition) is 3. The molecule has 2 aromatic rings. The molecule has 2 aromatic carbocycles. The van der Waals surface area contributed by atoms with Crippen molar-refractivity contribution in [3.63, 3.8) is 0 Å². The van der Waals surface area contributed by atoms with E-state index in [9.17, 15) is 4.79 Å². The number of carbonyl (C=O) groups excluding carboxylic acids is 1. The maximum atomic E-state index is 11.4. The molecule has 1 aliphatic heterocycles. The average molecular weight is 290 g/mol. The molecule has 0 amide bonds. The maximum Gasteiger partial charge on any atom is 0.159 e. The van der Waals surface area contributed by atoms with Crippen LogP contribution in [0.5, 0.6) is 0 Å². The Morgan fingerprint density at radius 3 is 2.79 bits per heavy atom. The molecular weight excluding hydrogens is 278 g/mol. The van der Waals surface area contributed by atoms with Gasteiger partial charge in [0.1, 0.15) is 5.50 Å². The van der Waals surface area contributed by atoms with Crippen LogP contribution >= 0.6 is 23.4 Å². The Morgan fingerprint density at radius 2 is 2.00 bits per heavy atom. The number of alkyl halides is 1. The molecule has 0 radical (unpaired) electrons. The third-order valence-corrected chi connectivity index (χ3v) is 4.59. The van der Waals surface area contributed by atoms with Crippen LogP contribution in [0.2, 0.25) is 0 Å². The van der Waals surface area contributed by atoms with Crippen LogP contribution < -0.4 is 5.32 Å². The lowest BCUT2D eigenvalue weighted by atomic mass is 10.1. The molecule has 1 heterocycles. The SMILES string of the molecule is CC(=O)c1ccc2c(c1)NC(Cl)c1ccccc1S2. The van der Waals surface area contributed by atoms with E-state index in [1.54, 1.807) is 18.7 Å². The van der Waals surface area contributed by atoms with Gasteiger partial charge in [-0.3, -0.25) is 4.79 Å². The topological polar surface area (TPSA) is 29.1 Å². The van der Waals surface area contributed by atoms with E-state index in [0.29, 0.717) is 5.56 Å². The van der Waals surface area contributed by atoms with Crippen molar-refractivity contribution in [3.8, 4) is 0 Å². The van der Waals surface area contributed by atoms with Gasteiger partial charge in [0.25, 0.3) is 0 Å². The van der Waals surface area contributed by atoms with Crippen molar-refractivity contribution in [3.05, 3.63) is 53.6 Å². The number of ketones is 1. The van der Waals surface area contributed by atoms with Gasteiger partial charge in [-0.05, 0) is 25.1 Å². The van der Waals surface area contributed by atoms with Crippen molar-refractivity contribution in [2.45, 2.75) is 22.2 Å². The van der Waals surface area contributed by atoms with Crippen molar-refractivity contribution in [2.24, 2.45) is 0 Å². The minimum atomic E-state index is -0.285. The largest absolute Gasteiger partial charge is 0.365 e. The molecule has 96 valence electrons. The fourth-order valence-electron chi connectivity index (χ4n) is 2.07. The molecule has 3 rings (SSSR count). The third-order valence-electron chi connectivity index (χ3n) is 3.08. The summed E-state index contributed by atoms with van der Waals surface area (Å²) in [5.74, 6) is 0.0579. The highest BCUT2D eigenvalue weighted by Crippen LogP contribution is 2.43. The van der Waals surface area contributed by atoms with Gasteiger partial charge in [-0.25, -0.2) is 0 Å². The van der Waals surface area contributed by atoms with E-state index >= 15 is 0 Å². The predicted octanol–water partition coefficient (Wildman–Crippen LogP) is 4.70. The minimum absolute atomic E-state index is 0.0579. The van der Waals surface area contributed by atoms with Crippen LogP contribution in [-0.4, -0.2) is 5.78 Å². The van der Waals surface area contributed by atoms with Gasteiger partial charge in [0, 0.05) is 20.9 Å². The predicted molar refractivity (Wildman–Crippen MR) is 79.2 cm³/mol. The Hall–Kier alpha value is -1.45. The summed E-state index contributed by atoms with van der Waals surface area (Å²) < 4.78 is 0. The van der Waals surface area contributed by atoms with Gasteiger partial charge in [0.2, 0.25) is 0 Å². The lowest BCUT2D eigenvalue weighted by Gasteiger charge is -2.13. The molecule has 0 bridgehead atoms. The second-order valence-corrected chi connectivity index (χ2v) is 5.93. The number of rotatable bonds is 1. The summed E-state index contributed by atoms with van der Waals surface area (Å²) in [6, 6.07) is 13.8. The van der Waals surface area contributed by atoms with E-state index in [0.717, 1.165) is 21.0 Å². The van der Waals surface area contributed by atoms with Crippen LogP contribution in [0.3, 0.4) is 0 Å². The fourth-order valence-corrected chi connectivity index (χ4v) is 3.49. The molecule has 4 heteroatoms. The van der Waals surface area contributed by atoms with Gasteiger partial charge in [0.15, 0.2) is 5.78 Å². The van der Waals surface area contributed by atoms with E-state index < -0.39 is 0 Å². The lowest BCUT2D eigenvalue weighted by Crippen LogP contribution is -2.04. The molecule has 19 heavy (non-hydrogen) atoms. The fraction of sp³-hybridized carbons (Fsp3) is 0.133. The molecule has 1 N–H and O–H groups in total. The van der Waals surface area contributed by atoms with Gasteiger partial charge < -0.3 is 5.32 Å². The molecule has 1 atom stereocenters. The quantitative estimate of drug-likeness (QED) is 0.468. The van der Waals surface area contributed by atoms with Crippen molar-refractivity contribution in [1.29, 1.82) is 0 Å². The zero-order valence-corrected chi connectivity index (χ0v) is 11.9. The Bertz CT molecular complexity index is 656. The van der Waals surface area contributed by atoms with Crippen molar-refractivity contribution in [2.75, 3.05) is 5.32 Å². The molecule has 0 fully saturated rings. The first kappa shape index (κ1) is 12.6. The molecule has 2 nitrogen and oxygen atoms in total. The molecule has 0 aliphatic carbocycles. The number of fused-ring (bicyclic) bond motifs is 2. The smallest absolute Gasteiger partial charge is 0.159 e. The number of halogens is 1. The Kier molecular flexibility index (Phi) is 3.25. The van der Waals surface area contributed by atoms with Gasteiger partial charge >= 0.3 is 0 Å². The second kappa shape index (κ2) is 4.91. The van der Waals surface area contributed by atoms with Crippen molar-refractivity contribution >= 4 is 34.8 Å². The van der Waals surface area contributed by atoms with Gasteiger partial charge in [-0.1, -0.05) is 47.6 Å². The highest BCUT2D eigenvalue weighted by Gasteiger charge is 2.20. The number of Topliss-reactive ketones (excluding diaryl/α,β-unsaturated/α-hetero) is 1. The van der Waals surface area contributed by atoms with Gasteiger partial charge in [0.05, 0.1) is 5.69 Å². The zero-order valence-electron chi connectivity index (χ0n) is 10.3. The van der Waals surface area contributed by atoms with E-state index in [-0.39, 0.29) is 11.3 Å². The highest BCUT2D eigenvalue weighted by atomic mass is 35.5. The van der Waals surface area contributed by atoms with E-state index in [1.165, 1.54) is 0 Å². The summed E-state index contributed by atoms with van der Waals surface area (Å²) in [7, 11) is 0. The van der Waals surface area contributed by atoms with Gasteiger partial charge in [-0.2, -0.15) is 0 Å². The Labute approximate surface area is 121 Å². The van der Waals surface area contributed by atoms with Crippen LogP contribution in [0.25, 0.3) is 0 Å². The number of anilines is 1. The molecule has 0 saturated heterocycles. The summed E-state index contributed by atoms with van der Waals surface area (Å²) in [6.45, 7) is 1.57. The third kappa shape index (κ3) is 2.36. The molecule has 0 spiro atoms. The van der Waals surface area contributed by atoms with Crippen LogP contribution in [0, 0.1) is 0 Å². The first-order valence-corrected chi connectivity index (χ1v) is 7.23. The van der Waals surface area contributed by atoms with E-state index in [2.05, 4.69) is 11.4 Å². The monoisotopic (exact) mass is 289 g/mol. The summed E-state index contributed by atoms with van der Waals surface area (Å²) in [5, 5.41) is 3.27. The summed E-state index contributed by atoms with van der Waals surface area (Å²) >= 11 is 8.07. The highest BCUT2D eigenvalue weighted by molar-refractivity contribution is 7.99. The first-order chi connectivity index (χ1) is 9.15. The minimum Gasteiger partial charge on any atom is -0.365 e. The summed E-state index contributed by atoms with van der Waals surface area (Å²) in [5.41, 5.74) is 2.39. The average Bonchev–Trinajstić information content (AvgIpc) is 2.54. The van der Waals surface area contributed by atoms with Crippen LogP contribution in [0.15, 0.2) is 52.3 Å². The maximum absolute atomic E-state index is 11.4. The molecule has 1 unspecified atom stereocenters. The van der Waals surface area contributed by atoms with E-state index in [1.807, 2.05) is 36.4 Å². The van der Waals surface area contributed by atoms with E-state index in [4.69, 9.17) is 11.6 Å². The Morgan fingerprint density at radius 1 is 1.21 bits per heavy atom. The number of benzene rings is 2. The molecule has 0 saturated carbocycles. The van der Waals surface area contributed by atoms with Crippen molar-refractivity contribution in [1.82, 2.24) is 0 Å². The van der Waals surface area contributed by atoms with Crippen LogP contribution in [0.1, 0.15) is 28.3 Å². The summed E-state index contributed by atoms with van der Waals surface area (Å²) in [6.07, 6.45) is 0. The van der Waals surface area contributed by atoms with Crippen LogP contribution in [-0.2, 0) is 0 Å². The molecule has 0 aromatic heterocycles. The standard InChI is InChI=1S/C15H12ClNOS/c1-9(18)10-6-7-14-12(8-10)17-15(16)11-4-2-3-5-13(11)19-14/h2-8,15,17H,1H3. The number of hydrogen-bond donors (Lipinski definition) is 1. The lowest BCUT2D eigenvalue weighted by molar-refractivity contribution is 0.101. The second-order valence-electron chi connectivity index (χ2n) is 4.41. The number of carbonyl (C=O) groups is 1. The zero-order chi connectivity index (χ0) is 13.4. The van der Waals surface area contributed by atoms with Crippen LogP contribution in [0.4, 0.5) is 5.69 Å². The molecule has 1 aliphatic rings. The van der Waals surface area contributed by atoms with Gasteiger partial charge in [-0.15, -0.1) is 0 Å². The summed E-state index contributed by atoms with van der Waals surface area (Å²) in [4.78, 5) is 13.7. The molecular formula is C15H12ClNOS. The van der Waals surface area contributed by atoms with Crippen molar-refractivity contribution < 1.29 is 4.79 Å².